The molecule has 1 heteroatoms. The van der Waals surface area contributed by atoms with E-state index in [1.54, 1.807) is 0 Å². The third-order valence-electron chi connectivity index (χ3n) is 2.79. The Balaban J connectivity index is 3.01. The summed E-state index contributed by atoms with van der Waals surface area (Å²) in [6, 6.07) is 0.600. The fourth-order valence-electron chi connectivity index (χ4n) is 1.76. The Hall–Kier alpha value is -0.300. The zero-order valence-corrected chi connectivity index (χ0v) is 10.7. The summed E-state index contributed by atoms with van der Waals surface area (Å²) in [7, 11) is 0. The van der Waals surface area contributed by atoms with Crippen LogP contribution in [0.15, 0.2) is 12.7 Å². The molecule has 0 rings (SSSR count). The molecule has 0 aliphatic carbocycles. The van der Waals surface area contributed by atoms with Gasteiger partial charge in [0.1, 0.15) is 0 Å². The van der Waals surface area contributed by atoms with Crippen molar-refractivity contribution in [3.63, 3.8) is 0 Å². The predicted octanol–water partition coefficient (Wildman–Crippen LogP) is 4.29. The molecule has 0 aromatic heterocycles. The van der Waals surface area contributed by atoms with Crippen LogP contribution in [-0.4, -0.2) is 12.6 Å². The van der Waals surface area contributed by atoms with Gasteiger partial charge in [-0.1, -0.05) is 51.5 Å². The van der Waals surface area contributed by atoms with Crippen molar-refractivity contribution in [2.75, 3.05) is 6.54 Å². The standard InChI is InChI=1S/C14H29N/c1-4-6-7-8-9-10-11-13-15-14(3)12-5-2/h5,14-15H,2,4,6-13H2,1,3H3. The fourth-order valence-corrected chi connectivity index (χ4v) is 1.76. The van der Waals surface area contributed by atoms with E-state index in [0.29, 0.717) is 6.04 Å². The number of hydrogen-bond acceptors (Lipinski definition) is 1. The minimum absolute atomic E-state index is 0.600. The Morgan fingerprint density at radius 3 is 2.27 bits per heavy atom. The van der Waals surface area contributed by atoms with Gasteiger partial charge in [-0.15, -0.1) is 6.58 Å². The second-order valence-corrected chi connectivity index (χ2v) is 4.50. The SMILES string of the molecule is C=CCC(C)NCCCCCCCCC. The van der Waals surface area contributed by atoms with Gasteiger partial charge >= 0.3 is 0 Å². The van der Waals surface area contributed by atoms with Crippen molar-refractivity contribution in [1.82, 2.24) is 5.32 Å². The summed E-state index contributed by atoms with van der Waals surface area (Å²) >= 11 is 0. The predicted molar refractivity (Wildman–Crippen MR) is 70.3 cm³/mol. The van der Waals surface area contributed by atoms with Gasteiger partial charge in [-0.25, -0.2) is 0 Å². The lowest BCUT2D eigenvalue weighted by Crippen LogP contribution is -2.26. The highest BCUT2D eigenvalue weighted by molar-refractivity contribution is 4.74. The van der Waals surface area contributed by atoms with E-state index in [1.807, 2.05) is 6.08 Å². The van der Waals surface area contributed by atoms with Crippen molar-refractivity contribution in [3.05, 3.63) is 12.7 Å². The molecule has 0 fully saturated rings. The van der Waals surface area contributed by atoms with Gasteiger partial charge < -0.3 is 5.32 Å². The van der Waals surface area contributed by atoms with Gasteiger partial charge in [0.2, 0.25) is 0 Å². The van der Waals surface area contributed by atoms with E-state index in [9.17, 15) is 0 Å². The van der Waals surface area contributed by atoms with Gasteiger partial charge in [0.05, 0.1) is 0 Å². The van der Waals surface area contributed by atoms with E-state index < -0.39 is 0 Å². The average molecular weight is 211 g/mol. The lowest BCUT2D eigenvalue weighted by molar-refractivity contribution is 0.514. The Morgan fingerprint density at radius 2 is 1.67 bits per heavy atom. The number of nitrogens with one attached hydrogen (secondary N) is 1. The molecule has 1 atom stereocenters. The fraction of sp³-hybridized carbons (Fsp3) is 0.857. The van der Waals surface area contributed by atoms with Crippen molar-refractivity contribution >= 4 is 0 Å². The molecular formula is C14H29N. The van der Waals surface area contributed by atoms with Crippen LogP contribution in [-0.2, 0) is 0 Å². The number of hydrogen-bond donors (Lipinski definition) is 1. The van der Waals surface area contributed by atoms with Gasteiger partial charge in [-0.05, 0) is 26.3 Å². The Kier molecular flexibility index (Phi) is 11.5. The van der Waals surface area contributed by atoms with Crippen molar-refractivity contribution < 1.29 is 0 Å². The molecule has 1 N–H and O–H groups in total. The van der Waals surface area contributed by atoms with E-state index in [1.165, 1.54) is 51.5 Å². The normalized spacial score (nSPS) is 12.7. The number of rotatable bonds is 11. The van der Waals surface area contributed by atoms with Crippen LogP contribution < -0.4 is 5.32 Å². The molecule has 1 unspecified atom stereocenters. The smallest absolute Gasteiger partial charge is 0.00731 e. The van der Waals surface area contributed by atoms with Crippen LogP contribution in [0.3, 0.4) is 0 Å². The van der Waals surface area contributed by atoms with Crippen molar-refractivity contribution in [2.45, 2.75) is 71.3 Å². The zero-order chi connectivity index (χ0) is 11.4. The molecule has 15 heavy (non-hydrogen) atoms. The summed E-state index contributed by atoms with van der Waals surface area (Å²) in [5.41, 5.74) is 0. The highest BCUT2D eigenvalue weighted by atomic mass is 14.9. The highest BCUT2D eigenvalue weighted by Gasteiger charge is 1.96. The Morgan fingerprint density at radius 1 is 1.07 bits per heavy atom. The quantitative estimate of drug-likeness (QED) is 0.397. The molecule has 0 spiro atoms. The molecule has 1 nitrogen and oxygen atoms in total. The van der Waals surface area contributed by atoms with Crippen LogP contribution in [0, 0.1) is 0 Å². The van der Waals surface area contributed by atoms with E-state index >= 15 is 0 Å². The van der Waals surface area contributed by atoms with Gasteiger partial charge in [0.25, 0.3) is 0 Å². The first-order valence-corrected chi connectivity index (χ1v) is 6.65. The first-order valence-electron chi connectivity index (χ1n) is 6.65. The molecule has 0 amide bonds. The largest absolute Gasteiger partial charge is 0.314 e. The lowest BCUT2D eigenvalue weighted by atomic mass is 10.1. The molecule has 0 aromatic carbocycles. The third-order valence-corrected chi connectivity index (χ3v) is 2.79. The molecule has 0 heterocycles. The maximum Gasteiger partial charge on any atom is 0.00731 e. The van der Waals surface area contributed by atoms with E-state index in [2.05, 4.69) is 25.7 Å². The van der Waals surface area contributed by atoms with Crippen molar-refractivity contribution in [1.29, 1.82) is 0 Å². The molecular weight excluding hydrogens is 182 g/mol. The van der Waals surface area contributed by atoms with E-state index in [4.69, 9.17) is 0 Å². The van der Waals surface area contributed by atoms with Crippen LogP contribution in [0.2, 0.25) is 0 Å². The lowest BCUT2D eigenvalue weighted by Gasteiger charge is -2.10. The first kappa shape index (κ1) is 14.7. The molecule has 90 valence electrons. The molecule has 0 aromatic rings. The summed E-state index contributed by atoms with van der Waals surface area (Å²) in [6.07, 6.45) is 12.8. The Labute approximate surface area is 96.3 Å². The van der Waals surface area contributed by atoms with Crippen molar-refractivity contribution in [3.8, 4) is 0 Å². The summed E-state index contributed by atoms with van der Waals surface area (Å²) in [5, 5.41) is 3.51. The number of unbranched alkanes of at least 4 members (excludes halogenated alkanes) is 6. The molecule has 0 saturated carbocycles. The van der Waals surface area contributed by atoms with Gasteiger partial charge in [-0.3, -0.25) is 0 Å². The molecule has 0 radical (unpaired) electrons. The summed E-state index contributed by atoms with van der Waals surface area (Å²) in [5.74, 6) is 0. The average Bonchev–Trinajstić information content (AvgIpc) is 2.22. The maximum absolute atomic E-state index is 3.75. The van der Waals surface area contributed by atoms with Gasteiger partial charge in [0.15, 0.2) is 0 Å². The monoisotopic (exact) mass is 211 g/mol. The maximum atomic E-state index is 3.75. The molecule has 0 aliphatic rings. The van der Waals surface area contributed by atoms with Crippen molar-refractivity contribution in [2.24, 2.45) is 0 Å². The topological polar surface area (TPSA) is 12.0 Å². The third kappa shape index (κ3) is 11.6. The van der Waals surface area contributed by atoms with E-state index in [0.717, 1.165) is 6.42 Å². The zero-order valence-electron chi connectivity index (χ0n) is 10.7. The molecule has 0 aliphatic heterocycles. The minimum atomic E-state index is 0.600. The minimum Gasteiger partial charge on any atom is -0.314 e. The van der Waals surface area contributed by atoms with Crippen LogP contribution in [0.25, 0.3) is 0 Å². The van der Waals surface area contributed by atoms with Gasteiger partial charge in [0, 0.05) is 6.04 Å². The van der Waals surface area contributed by atoms with Crippen LogP contribution in [0.5, 0.6) is 0 Å². The molecule has 0 bridgehead atoms. The summed E-state index contributed by atoms with van der Waals surface area (Å²) in [4.78, 5) is 0. The van der Waals surface area contributed by atoms with Crippen LogP contribution >= 0.6 is 0 Å². The van der Waals surface area contributed by atoms with Gasteiger partial charge in [-0.2, -0.15) is 0 Å². The first-order chi connectivity index (χ1) is 7.31. The second-order valence-electron chi connectivity index (χ2n) is 4.50. The summed E-state index contributed by atoms with van der Waals surface area (Å²) in [6.45, 7) is 9.41. The summed E-state index contributed by atoms with van der Waals surface area (Å²) < 4.78 is 0. The Bertz CT molecular complexity index is 131. The molecule has 0 saturated heterocycles. The van der Waals surface area contributed by atoms with Crippen LogP contribution in [0.4, 0.5) is 0 Å². The van der Waals surface area contributed by atoms with Crippen LogP contribution in [0.1, 0.15) is 65.2 Å². The highest BCUT2D eigenvalue weighted by Crippen LogP contribution is 2.06. The second kappa shape index (κ2) is 11.8. The van der Waals surface area contributed by atoms with E-state index in [-0.39, 0.29) is 0 Å².